The summed E-state index contributed by atoms with van der Waals surface area (Å²) in [7, 11) is 0. The number of rotatable bonds is 7. The third-order valence-corrected chi connectivity index (χ3v) is 2.99. The van der Waals surface area contributed by atoms with E-state index in [2.05, 4.69) is 26.5 Å². The first-order valence-corrected chi connectivity index (χ1v) is 8.00. The average Bonchev–Trinajstić information content (AvgIpc) is 2.36. The Hall–Kier alpha value is -1.12. The molecule has 0 fully saturated rings. The summed E-state index contributed by atoms with van der Waals surface area (Å²) in [5, 5.41) is 18.6. The molecule has 0 aromatic rings. The first-order valence-electron chi connectivity index (χ1n) is 8.00. The molecule has 0 bridgehead atoms. The molecule has 0 unspecified atom stereocenters. The van der Waals surface area contributed by atoms with E-state index in [1.165, 1.54) is 11.1 Å². The second kappa shape index (κ2) is 11.4. The quantitative estimate of drug-likeness (QED) is 0.623. The molecule has 0 aliphatic carbocycles. The Morgan fingerprint density at radius 2 is 1.64 bits per heavy atom. The van der Waals surface area contributed by atoms with Gasteiger partial charge in [0, 0.05) is 0 Å². The van der Waals surface area contributed by atoms with E-state index in [4.69, 9.17) is 0 Å². The molecule has 0 spiro atoms. The van der Waals surface area contributed by atoms with Gasteiger partial charge in [-0.1, -0.05) is 55.0 Å². The van der Waals surface area contributed by atoms with Crippen LogP contribution in [0.25, 0.3) is 0 Å². The maximum Gasteiger partial charge on any atom is 0.0774 e. The molecule has 0 saturated carbocycles. The molecule has 22 heavy (non-hydrogen) atoms. The van der Waals surface area contributed by atoms with Crippen molar-refractivity contribution in [3.63, 3.8) is 0 Å². The molecular formula is C20H36O2. The first kappa shape index (κ1) is 23.2. The van der Waals surface area contributed by atoms with E-state index < -0.39 is 11.2 Å². The molecule has 0 atom stereocenters. The average molecular weight is 309 g/mol. The summed E-state index contributed by atoms with van der Waals surface area (Å²) in [5.41, 5.74) is 1.27. The van der Waals surface area contributed by atoms with Crippen molar-refractivity contribution in [1.29, 1.82) is 0 Å². The van der Waals surface area contributed by atoms with E-state index in [1.807, 2.05) is 39.0 Å². The molecule has 2 heteroatoms. The summed E-state index contributed by atoms with van der Waals surface area (Å²) in [4.78, 5) is 0. The zero-order valence-corrected chi connectivity index (χ0v) is 15.6. The molecule has 0 heterocycles. The predicted octanol–water partition coefficient (Wildman–Crippen LogP) is 5.34. The minimum atomic E-state index is -0.690. The predicted molar refractivity (Wildman–Crippen MR) is 99.0 cm³/mol. The van der Waals surface area contributed by atoms with Gasteiger partial charge in [0.15, 0.2) is 0 Å². The van der Waals surface area contributed by atoms with Crippen LogP contribution in [0.5, 0.6) is 0 Å². The Labute approximate surface area is 138 Å². The van der Waals surface area contributed by atoms with Crippen molar-refractivity contribution < 1.29 is 10.2 Å². The third kappa shape index (κ3) is 21.2. The van der Waals surface area contributed by atoms with Crippen molar-refractivity contribution in [3.8, 4) is 0 Å². The molecule has 0 aromatic heterocycles. The van der Waals surface area contributed by atoms with Crippen LogP contribution in [-0.2, 0) is 0 Å². The molecule has 2 N–H and O–H groups in total. The van der Waals surface area contributed by atoms with E-state index in [-0.39, 0.29) is 0 Å². The lowest BCUT2D eigenvalue weighted by atomic mass is 10.0. The highest BCUT2D eigenvalue weighted by Gasteiger charge is 2.09. The number of hydrogen-bond donors (Lipinski definition) is 2. The molecule has 0 amide bonds. The molecule has 0 aliphatic heterocycles. The van der Waals surface area contributed by atoms with Gasteiger partial charge < -0.3 is 10.2 Å². The van der Waals surface area contributed by atoms with Crippen molar-refractivity contribution in [2.75, 3.05) is 0 Å². The largest absolute Gasteiger partial charge is 0.390 e. The molecular weight excluding hydrogens is 272 g/mol. The highest BCUT2D eigenvalue weighted by atomic mass is 16.3. The van der Waals surface area contributed by atoms with Crippen molar-refractivity contribution in [2.24, 2.45) is 0 Å². The summed E-state index contributed by atoms with van der Waals surface area (Å²) in [6, 6.07) is 0. The Balaban J connectivity index is 0. The fourth-order valence-electron chi connectivity index (χ4n) is 1.30. The SMILES string of the molecule is C=C/C(C)=C/CCC(C)(C)O.CC/C(C)=C/C=C/C(C)(C)O. The minimum absolute atomic E-state index is 0.544. The van der Waals surface area contributed by atoms with E-state index in [0.29, 0.717) is 0 Å². The van der Waals surface area contributed by atoms with Gasteiger partial charge in [-0.2, -0.15) is 0 Å². The monoisotopic (exact) mass is 308 g/mol. The summed E-state index contributed by atoms with van der Waals surface area (Å²) < 4.78 is 0. The highest BCUT2D eigenvalue weighted by Crippen LogP contribution is 2.11. The molecule has 128 valence electrons. The van der Waals surface area contributed by atoms with Crippen LogP contribution in [0.4, 0.5) is 0 Å². The lowest BCUT2D eigenvalue weighted by molar-refractivity contribution is 0.0721. The Kier molecular flexibility index (Phi) is 12.0. The second-order valence-corrected chi connectivity index (χ2v) is 6.88. The zero-order valence-electron chi connectivity index (χ0n) is 15.6. The van der Waals surface area contributed by atoms with Crippen LogP contribution in [-0.4, -0.2) is 21.4 Å². The van der Waals surface area contributed by atoms with Gasteiger partial charge in [0.2, 0.25) is 0 Å². The van der Waals surface area contributed by atoms with E-state index >= 15 is 0 Å². The standard InChI is InChI=1S/2C10H18O/c2*1-5-9(2)7-6-8-10(3,4)11/h6-8,11H,5H2,1-4H3;5,7,11H,1,6,8H2,2-4H3/b8-6+,9-7+;9-7+. The van der Waals surface area contributed by atoms with Crippen LogP contribution in [0.1, 0.15) is 67.7 Å². The molecule has 2 nitrogen and oxygen atoms in total. The Morgan fingerprint density at radius 3 is 2.00 bits per heavy atom. The Bertz CT molecular complexity index is 385. The number of allylic oxidation sites excluding steroid dienone is 6. The van der Waals surface area contributed by atoms with E-state index in [9.17, 15) is 10.2 Å². The Morgan fingerprint density at radius 1 is 1.09 bits per heavy atom. The normalized spacial score (nSPS) is 13.9. The van der Waals surface area contributed by atoms with Gasteiger partial charge in [0.1, 0.15) is 0 Å². The summed E-state index contributed by atoms with van der Waals surface area (Å²) in [6.45, 7) is 17.0. The molecule has 0 aromatic carbocycles. The highest BCUT2D eigenvalue weighted by molar-refractivity contribution is 5.13. The van der Waals surface area contributed by atoms with Gasteiger partial charge in [-0.15, -0.1) is 0 Å². The maximum absolute atomic E-state index is 9.35. The molecule has 0 aliphatic rings. The van der Waals surface area contributed by atoms with Crippen LogP contribution in [0.3, 0.4) is 0 Å². The topological polar surface area (TPSA) is 40.5 Å². The molecule has 0 saturated heterocycles. The molecule has 0 rings (SSSR count). The second-order valence-electron chi connectivity index (χ2n) is 6.88. The zero-order chi connectivity index (χ0) is 17.8. The van der Waals surface area contributed by atoms with Crippen LogP contribution in [0, 0.1) is 0 Å². The van der Waals surface area contributed by atoms with E-state index in [0.717, 1.165) is 19.3 Å². The van der Waals surface area contributed by atoms with Crippen molar-refractivity contribution in [1.82, 2.24) is 0 Å². The summed E-state index contributed by atoms with van der Waals surface area (Å²) in [5.74, 6) is 0. The van der Waals surface area contributed by atoms with Gasteiger partial charge >= 0.3 is 0 Å². The van der Waals surface area contributed by atoms with Crippen molar-refractivity contribution >= 4 is 0 Å². The van der Waals surface area contributed by atoms with Gasteiger partial charge in [-0.3, -0.25) is 0 Å². The third-order valence-electron chi connectivity index (χ3n) is 2.99. The number of aliphatic hydroxyl groups is 2. The lowest BCUT2D eigenvalue weighted by Gasteiger charge is -2.14. The van der Waals surface area contributed by atoms with Crippen LogP contribution >= 0.6 is 0 Å². The van der Waals surface area contributed by atoms with Crippen LogP contribution in [0.15, 0.2) is 48.1 Å². The molecule has 0 radical (unpaired) electrons. The van der Waals surface area contributed by atoms with Gasteiger partial charge in [0.25, 0.3) is 0 Å². The van der Waals surface area contributed by atoms with Crippen molar-refractivity contribution in [3.05, 3.63) is 48.1 Å². The smallest absolute Gasteiger partial charge is 0.0774 e. The van der Waals surface area contributed by atoms with Gasteiger partial charge in [-0.25, -0.2) is 0 Å². The first-order chi connectivity index (χ1) is 9.91. The summed E-state index contributed by atoms with van der Waals surface area (Å²) >= 11 is 0. The van der Waals surface area contributed by atoms with E-state index in [1.54, 1.807) is 19.9 Å². The van der Waals surface area contributed by atoms with Gasteiger partial charge in [0.05, 0.1) is 11.2 Å². The van der Waals surface area contributed by atoms with Crippen LogP contribution < -0.4 is 0 Å². The lowest BCUT2D eigenvalue weighted by Crippen LogP contribution is -2.17. The van der Waals surface area contributed by atoms with Crippen molar-refractivity contribution in [2.45, 2.75) is 78.9 Å². The number of hydrogen-bond acceptors (Lipinski definition) is 2. The minimum Gasteiger partial charge on any atom is -0.390 e. The fraction of sp³-hybridized carbons (Fsp3) is 0.600. The van der Waals surface area contributed by atoms with Gasteiger partial charge in [-0.05, 0) is 60.8 Å². The fourth-order valence-corrected chi connectivity index (χ4v) is 1.30. The van der Waals surface area contributed by atoms with Crippen LogP contribution in [0.2, 0.25) is 0 Å². The summed E-state index contributed by atoms with van der Waals surface area (Å²) in [6.07, 6.45) is 12.4. The maximum atomic E-state index is 9.35.